The molecule has 1 N–H and O–H groups in total. The number of ketones is 2. The second-order valence-corrected chi connectivity index (χ2v) is 9.74. The van der Waals surface area contributed by atoms with Gasteiger partial charge >= 0.3 is 0 Å². The summed E-state index contributed by atoms with van der Waals surface area (Å²) in [7, 11) is 1.51. The van der Waals surface area contributed by atoms with Crippen LogP contribution in [0.25, 0.3) is 0 Å². The van der Waals surface area contributed by atoms with Crippen molar-refractivity contribution >= 4 is 23.4 Å². The SMILES string of the molecule is CC1=CC(=O)C2=C(C1=O)[C@@H](C1=COc3ccc(O)cc3C1)C1=CC[C@@H]3C(=O)N(C)C(=O)[C@@H]3[C@@H]1C2. The van der Waals surface area contributed by atoms with Crippen molar-refractivity contribution in [1.29, 1.82) is 0 Å². The quantitative estimate of drug-likeness (QED) is 0.395. The van der Waals surface area contributed by atoms with Crippen molar-refractivity contribution in [3.8, 4) is 11.5 Å². The maximum Gasteiger partial charge on any atom is 0.233 e. The van der Waals surface area contributed by atoms with E-state index in [1.807, 2.05) is 6.08 Å². The Kier molecular flexibility index (Phi) is 4.37. The second-order valence-electron chi connectivity index (χ2n) is 9.74. The van der Waals surface area contributed by atoms with Gasteiger partial charge in [0, 0.05) is 41.7 Å². The number of carbonyl (C=O) groups excluding carboxylic acids is 4. The summed E-state index contributed by atoms with van der Waals surface area (Å²) in [6.07, 6.45) is 6.12. The van der Waals surface area contributed by atoms with Crippen LogP contribution < -0.4 is 4.74 Å². The first-order chi connectivity index (χ1) is 16.3. The molecule has 0 aromatic heterocycles. The van der Waals surface area contributed by atoms with Crippen molar-refractivity contribution in [3.05, 3.63) is 70.0 Å². The van der Waals surface area contributed by atoms with Crippen molar-refractivity contribution in [2.45, 2.75) is 26.2 Å². The third-order valence-corrected chi connectivity index (χ3v) is 7.93. The molecule has 1 aromatic carbocycles. The van der Waals surface area contributed by atoms with Gasteiger partial charge < -0.3 is 9.84 Å². The fourth-order valence-electron chi connectivity index (χ4n) is 6.33. The molecule has 0 radical (unpaired) electrons. The second kappa shape index (κ2) is 7.13. The van der Waals surface area contributed by atoms with Crippen LogP contribution in [-0.4, -0.2) is 40.4 Å². The summed E-state index contributed by atoms with van der Waals surface area (Å²) in [4.78, 5) is 53.4. The Morgan fingerprint density at radius 1 is 1.09 bits per heavy atom. The number of imide groups is 1. The molecule has 1 fully saturated rings. The molecule has 172 valence electrons. The van der Waals surface area contributed by atoms with Crippen LogP contribution in [0.2, 0.25) is 0 Å². The lowest BCUT2D eigenvalue weighted by molar-refractivity contribution is -0.138. The number of nitrogens with zero attached hydrogens (tertiary/aromatic N) is 1. The number of Topliss-reactive ketones (excluding diaryl/α,β-unsaturated/α-hetero) is 1. The lowest BCUT2D eigenvalue weighted by atomic mass is 9.58. The summed E-state index contributed by atoms with van der Waals surface area (Å²) < 4.78 is 5.87. The van der Waals surface area contributed by atoms with Crippen molar-refractivity contribution in [1.82, 2.24) is 4.90 Å². The maximum absolute atomic E-state index is 13.4. The molecule has 7 heteroatoms. The van der Waals surface area contributed by atoms with Crippen LogP contribution in [-0.2, 0) is 25.6 Å². The van der Waals surface area contributed by atoms with Crippen LogP contribution in [0.5, 0.6) is 11.5 Å². The van der Waals surface area contributed by atoms with Gasteiger partial charge in [-0.05, 0) is 55.5 Å². The number of benzene rings is 1. The van der Waals surface area contributed by atoms with E-state index in [0.29, 0.717) is 35.3 Å². The molecule has 0 unspecified atom stereocenters. The highest BCUT2D eigenvalue weighted by Gasteiger charge is 2.55. The van der Waals surface area contributed by atoms with E-state index < -0.39 is 17.8 Å². The van der Waals surface area contributed by atoms with E-state index in [1.54, 1.807) is 31.4 Å². The highest BCUT2D eigenvalue weighted by molar-refractivity contribution is 6.23. The van der Waals surface area contributed by atoms with E-state index in [0.717, 1.165) is 16.7 Å². The summed E-state index contributed by atoms with van der Waals surface area (Å²) in [5.74, 6) is -1.87. The van der Waals surface area contributed by atoms with E-state index in [9.17, 15) is 24.3 Å². The van der Waals surface area contributed by atoms with Crippen molar-refractivity contribution < 1.29 is 29.0 Å². The summed E-state index contributed by atoms with van der Waals surface area (Å²) in [5.41, 5.74) is 3.76. The molecule has 3 aliphatic carbocycles. The third kappa shape index (κ3) is 2.76. The molecule has 2 heterocycles. The summed E-state index contributed by atoms with van der Waals surface area (Å²) >= 11 is 0. The lowest BCUT2D eigenvalue weighted by Crippen LogP contribution is -2.41. The van der Waals surface area contributed by atoms with Crippen LogP contribution in [0.3, 0.4) is 0 Å². The standard InChI is InChI=1S/C27H23NO6/c1-12-7-20(30)19-10-18-16(4-5-17-23(18)27(33)28(2)26(17)32)22(24(19)25(12)31)14-8-13-9-15(29)3-6-21(13)34-11-14/h3-4,6-7,9,11,17-18,22-23,29H,5,8,10H2,1-2H3/t17-,18+,22-,23-/m0/s1. The predicted octanol–water partition coefficient (Wildman–Crippen LogP) is 2.80. The number of hydrogen-bond acceptors (Lipinski definition) is 6. The molecular formula is C27H23NO6. The van der Waals surface area contributed by atoms with Crippen LogP contribution >= 0.6 is 0 Å². The number of fused-ring (bicyclic) bond motifs is 4. The largest absolute Gasteiger partial charge is 0.508 e. The van der Waals surface area contributed by atoms with Crippen molar-refractivity contribution in [2.75, 3.05) is 7.05 Å². The maximum atomic E-state index is 13.4. The monoisotopic (exact) mass is 457 g/mol. The molecule has 4 atom stereocenters. The average Bonchev–Trinajstić information content (AvgIpc) is 3.05. The number of aromatic hydroxyl groups is 1. The van der Waals surface area contributed by atoms with Crippen molar-refractivity contribution in [3.63, 3.8) is 0 Å². The summed E-state index contributed by atoms with van der Waals surface area (Å²) in [5, 5.41) is 9.98. The van der Waals surface area contributed by atoms with Gasteiger partial charge in [-0.1, -0.05) is 11.6 Å². The Bertz CT molecular complexity index is 1340. The van der Waals surface area contributed by atoms with E-state index >= 15 is 0 Å². The van der Waals surface area contributed by atoms with Gasteiger partial charge in [-0.25, -0.2) is 0 Å². The zero-order valence-corrected chi connectivity index (χ0v) is 18.8. The number of rotatable bonds is 1. The lowest BCUT2D eigenvalue weighted by Gasteiger charge is -2.43. The Morgan fingerprint density at radius 3 is 2.68 bits per heavy atom. The number of phenols is 1. The molecular weight excluding hydrogens is 434 g/mol. The third-order valence-electron chi connectivity index (χ3n) is 7.93. The first kappa shape index (κ1) is 20.8. The predicted molar refractivity (Wildman–Crippen MR) is 120 cm³/mol. The fourth-order valence-corrected chi connectivity index (χ4v) is 6.33. The minimum absolute atomic E-state index is 0.116. The number of phenolic OH excluding ortho intramolecular Hbond substituents is 1. The minimum Gasteiger partial charge on any atom is -0.508 e. The van der Waals surface area contributed by atoms with Gasteiger partial charge in [-0.15, -0.1) is 0 Å². The Morgan fingerprint density at radius 2 is 1.88 bits per heavy atom. The number of carbonyl (C=O) groups is 4. The van der Waals surface area contributed by atoms with E-state index in [4.69, 9.17) is 4.74 Å². The van der Waals surface area contributed by atoms with Crippen LogP contribution in [0.15, 0.2) is 64.5 Å². The van der Waals surface area contributed by atoms with Gasteiger partial charge in [-0.2, -0.15) is 0 Å². The molecule has 2 amide bonds. The number of ether oxygens (including phenoxy) is 1. The van der Waals surface area contributed by atoms with Gasteiger partial charge in [0.15, 0.2) is 11.6 Å². The minimum atomic E-state index is -0.537. The smallest absolute Gasteiger partial charge is 0.233 e. The molecule has 0 spiro atoms. The van der Waals surface area contributed by atoms with Crippen LogP contribution in [0.1, 0.15) is 25.3 Å². The Hall–Kier alpha value is -3.74. The molecule has 0 bridgehead atoms. The first-order valence-electron chi connectivity index (χ1n) is 11.5. The van der Waals surface area contributed by atoms with Gasteiger partial charge in [0.1, 0.15) is 11.5 Å². The molecule has 1 saturated heterocycles. The van der Waals surface area contributed by atoms with Crippen LogP contribution in [0.4, 0.5) is 0 Å². The molecule has 34 heavy (non-hydrogen) atoms. The van der Waals surface area contributed by atoms with Crippen molar-refractivity contribution in [2.24, 2.45) is 23.7 Å². The summed E-state index contributed by atoms with van der Waals surface area (Å²) in [6.45, 7) is 1.64. The zero-order valence-electron chi connectivity index (χ0n) is 18.8. The fraction of sp³-hybridized carbons (Fsp3) is 0.333. The molecule has 7 nitrogen and oxygen atoms in total. The van der Waals surface area contributed by atoms with Crippen LogP contribution in [0, 0.1) is 23.7 Å². The van der Waals surface area contributed by atoms with Gasteiger partial charge in [-0.3, -0.25) is 24.1 Å². The molecule has 5 aliphatic rings. The summed E-state index contributed by atoms with van der Waals surface area (Å²) in [6, 6.07) is 4.88. The molecule has 2 aliphatic heterocycles. The Labute approximate surface area is 196 Å². The van der Waals surface area contributed by atoms with E-state index in [1.165, 1.54) is 18.0 Å². The van der Waals surface area contributed by atoms with E-state index in [-0.39, 0.29) is 41.5 Å². The average molecular weight is 457 g/mol. The number of allylic oxidation sites excluding steroid dienone is 7. The molecule has 0 saturated carbocycles. The number of likely N-dealkylation sites (tertiary alicyclic amines) is 1. The highest BCUT2D eigenvalue weighted by Crippen LogP contribution is 2.54. The zero-order chi connectivity index (χ0) is 23.9. The molecule has 1 aromatic rings. The molecule has 6 rings (SSSR count). The van der Waals surface area contributed by atoms with Gasteiger partial charge in [0.25, 0.3) is 0 Å². The number of amides is 2. The highest BCUT2D eigenvalue weighted by atomic mass is 16.5. The van der Waals surface area contributed by atoms with Gasteiger partial charge in [0.05, 0.1) is 18.1 Å². The first-order valence-corrected chi connectivity index (χ1v) is 11.5. The number of hydrogen-bond donors (Lipinski definition) is 1. The topological polar surface area (TPSA) is 101 Å². The van der Waals surface area contributed by atoms with E-state index in [2.05, 4.69) is 0 Å². The Balaban J connectivity index is 1.50. The van der Waals surface area contributed by atoms with Gasteiger partial charge in [0.2, 0.25) is 11.8 Å². The normalized spacial score (nSPS) is 30.1.